The summed E-state index contributed by atoms with van der Waals surface area (Å²) in [6, 6.07) is 6.80. The minimum Gasteiger partial charge on any atom is -0.478 e. The van der Waals surface area contributed by atoms with E-state index >= 15 is 0 Å². The zero-order valence-electron chi connectivity index (χ0n) is 17.7. The molecule has 0 aromatic heterocycles. The number of anilines is 1. The topological polar surface area (TPSA) is 99.2 Å². The van der Waals surface area contributed by atoms with Crippen LogP contribution in [0.15, 0.2) is 53.7 Å². The number of urea groups is 1. The third kappa shape index (κ3) is 4.29. The van der Waals surface area contributed by atoms with Gasteiger partial charge < -0.3 is 20.1 Å². The number of hydrogen-bond donors (Lipinski definition) is 2. The van der Waals surface area contributed by atoms with Crippen molar-refractivity contribution in [2.75, 3.05) is 31.2 Å². The van der Waals surface area contributed by atoms with Crippen LogP contribution >= 0.6 is 0 Å². The van der Waals surface area contributed by atoms with Crippen molar-refractivity contribution < 1.29 is 33.0 Å². The molecule has 0 aliphatic carbocycles. The number of ether oxygens (including phenoxy) is 1. The van der Waals surface area contributed by atoms with Crippen molar-refractivity contribution in [1.82, 2.24) is 10.2 Å². The third-order valence-corrected chi connectivity index (χ3v) is 5.64. The second-order valence-corrected chi connectivity index (χ2v) is 7.64. The lowest BCUT2D eigenvalue weighted by molar-refractivity contribution is -0.131. The van der Waals surface area contributed by atoms with Gasteiger partial charge in [0.15, 0.2) is 0 Å². The summed E-state index contributed by atoms with van der Waals surface area (Å²) in [7, 11) is 0. The van der Waals surface area contributed by atoms with E-state index in [4.69, 9.17) is 4.74 Å². The first-order chi connectivity index (χ1) is 15.8. The summed E-state index contributed by atoms with van der Waals surface area (Å²) in [5.74, 6) is -3.29. The fraction of sp³-hybridized carbons (Fsp3) is 0.261. The van der Waals surface area contributed by atoms with Crippen LogP contribution in [-0.2, 0) is 9.53 Å². The lowest BCUT2D eigenvalue weighted by atomic mass is 9.93. The summed E-state index contributed by atoms with van der Waals surface area (Å²) in [6.45, 7) is 2.84. The van der Waals surface area contributed by atoms with Crippen molar-refractivity contribution in [2.45, 2.75) is 13.0 Å². The highest BCUT2D eigenvalue weighted by atomic mass is 19.1. The van der Waals surface area contributed by atoms with Crippen LogP contribution < -0.4 is 10.2 Å². The van der Waals surface area contributed by atoms with Crippen LogP contribution in [0.3, 0.4) is 0 Å². The Labute approximate surface area is 188 Å². The van der Waals surface area contributed by atoms with Gasteiger partial charge in [0.1, 0.15) is 11.6 Å². The highest BCUT2D eigenvalue weighted by Gasteiger charge is 2.39. The minimum atomic E-state index is -1.17. The van der Waals surface area contributed by atoms with E-state index in [-0.39, 0.29) is 28.1 Å². The number of hydrogen-bond acceptors (Lipinski definition) is 4. The van der Waals surface area contributed by atoms with Crippen molar-refractivity contribution in [3.05, 3.63) is 76.5 Å². The zero-order valence-corrected chi connectivity index (χ0v) is 17.7. The van der Waals surface area contributed by atoms with Crippen LogP contribution in [0.1, 0.15) is 28.9 Å². The van der Waals surface area contributed by atoms with Gasteiger partial charge >= 0.3 is 12.0 Å². The molecule has 0 radical (unpaired) electrons. The molecule has 2 N–H and O–H groups in total. The Kier molecular flexibility index (Phi) is 6.10. The number of aromatic carboxylic acids is 1. The number of carboxylic acid groups (broad SMARTS) is 1. The van der Waals surface area contributed by atoms with Gasteiger partial charge in [-0.05, 0) is 31.2 Å². The number of carboxylic acids is 1. The van der Waals surface area contributed by atoms with E-state index in [1.54, 1.807) is 4.90 Å². The van der Waals surface area contributed by atoms with E-state index in [0.29, 0.717) is 32.4 Å². The van der Waals surface area contributed by atoms with E-state index in [1.165, 1.54) is 42.2 Å². The van der Waals surface area contributed by atoms with Gasteiger partial charge in [-0.15, -0.1) is 0 Å². The Balaban J connectivity index is 1.85. The molecule has 4 rings (SSSR count). The lowest BCUT2D eigenvalue weighted by Crippen LogP contribution is -2.51. The molecule has 8 nitrogen and oxygen atoms in total. The first kappa shape index (κ1) is 22.4. The molecule has 2 heterocycles. The van der Waals surface area contributed by atoms with Crippen molar-refractivity contribution in [3.63, 3.8) is 0 Å². The molecular weight excluding hydrogens is 436 g/mol. The zero-order chi connectivity index (χ0) is 23.7. The van der Waals surface area contributed by atoms with Crippen LogP contribution in [0, 0.1) is 11.6 Å². The Morgan fingerprint density at radius 3 is 2.52 bits per heavy atom. The molecule has 33 heavy (non-hydrogen) atoms. The maximum Gasteiger partial charge on any atom is 0.335 e. The molecule has 172 valence electrons. The number of morpholine rings is 1. The van der Waals surface area contributed by atoms with Crippen LogP contribution in [0.2, 0.25) is 0 Å². The number of carbonyl (C=O) groups excluding carboxylic acids is 2. The standard InChI is InChI=1S/C23H21F2N3O5/c1-13-19(21(29)27-7-9-33-10-8-27)20(17-6-5-15(24)12-18(17)25)26-23(32)28(13)16-4-2-3-14(11-16)22(30)31/h2-6,11-12,20H,7-10H2,1H3,(H,26,32)(H,30,31)/t20-/m0/s1. The molecule has 2 aromatic carbocycles. The van der Waals surface area contributed by atoms with E-state index in [9.17, 15) is 28.3 Å². The molecule has 1 atom stereocenters. The number of benzene rings is 2. The van der Waals surface area contributed by atoms with Gasteiger partial charge in [0.05, 0.1) is 36.1 Å². The number of allylic oxidation sites excluding steroid dienone is 1. The number of nitrogens with one attached hydrogen (secondary N) is 1. The highest BCUT2D eigenvalue weighted by molar-refractivity contribution is 6.05. The molecule has 0 saturated carbocycles. The molecule has 2 aliphatic rings. The van der Waals surface area contributed by atoms with Gasteiger partial charge in [-0.2, -0.15) is 0 Å². The Morgan fingerprint density at radius 1 is 1.12 bits per heavy atom. The molecule has 1 fully saturated rings. The van der Waals surface area contributed by atoms with Gasteiger partial charge in [-0.3, -0.25) is 9.69 Å². The molecule has 2 aliphatic heterocycles. The summed E-state index contributed by atoms with van der Waals surface area (Å²) in [5.41, 5.74) is 0.449. The van der Waals surface area contributed by atoms with Gasteiger partial charge in [-0.1, -0.05) is 12.1 Å². The fourth-order valence-electron chi connectivity index (χ4n) is 4.01. The van der Waals surface area contributed by atoms with Crippen LogP contribution in [0.4, 0.5) is 19.3 Å². The molecule has 0 bridgehead atoms. The first-order valence-corrected chi connectivity index (χ1v) is 10.2. The minimum absolute atomic E-state index is 0.0409. The van der Waals surface area contributed by atoms with Crippen LogP contribution in [0.25, 0.3) is 0 Å². The molecule has 1 saturated heterocycles. The van der Waals surface area contributed by atoms with Crippen molar-refractivity contribution >= 4 is 23.6 Å². The molecule has 2 aromatic rings. The summed E-state index contributed by atoms with van der Waals surface area (Å²) in [5, 5.41) is 11.9. The molecule has 0 spiro atoms. The summed E-state index contributed by atoms with van der Waals surface area (Å²) >= 11 is 0. The molecular formula is C23H21F2N3O5. The SMILES string of the molecule is CC1=C(C(=O)N2CCOCC2)[C@H](c2ccc(F)cc2F)NC(=O)N1c1cccc(C(=O)O)c1. The maximum atomic E-state index is 14.7. The third-order valence-electron chi connectivity index (χ3n) is 5.64. The van der Waals surface area contributed by atoms with Crippen LogP contribution in [-0.4, -0.2) is 54.2 Å². The quantitative estimate of drug-likeness (QED) is 0.735. The second kappa shape index (κ2) is 8.99. The number of amides is 3. The van der Waals surface area contributed by atoms with Gasteiger partial charge in [0.2, 0.25) is 0 Å². The highest BCUT2D eigenvalue weighted by Crippen LogP contribution is 2.36. The van der Waals surface area contributed by atoms with E-state index < -0.39 is 35.6 Å². The average molecular weight is 457 g/mol. The summed E-state index contributed by atoms with van der Waals surface area (Å²) in [4.78, 5) is 40.7. The van der Waals surface area contributed by atoms with E-state index in [1.807, 2.05) is 0 Å². The number of rotatable bonds is 4. The first-order valence-electron chi connectivity index (χ1n) is 10.2. The number of carbonyl (C=O) groups is 3. The van der Waals surface area contributed by atoms with E-state index in [0.717, 1.165) is 6.07 Å². The Hall–Kier alpha value is -3.79. The monoisotopic (exact) mass is 457 g/mol. The molecule has 0 unspecified atom stereocenters. The normalized spacial score (nSPS) is 18.9. The average Bonchev–Trinajstić information content (AvgIpc) is 2.79. The Bertz CT molecular complexity index is 1160. The Morgan fingerprint density at radius 2 is 1.85 bits per heavy atom. The van der Waals surface area contributed by atoms with Crippen molar-refractivity contribution in [3.8, 4) is 0 Å². The smallest absolute Gasteiger partial charge is 0.335 e. The number of nitrogens with zero attached hydrogens (tertiary/aromatic N) is 2. The molecule has 3 amide bonds. The number of halogens is 2. The van der Waals surface area contributed by atoms with Gasteiger partial charge in [0, 0.05) is 30.4 Å². The van der Waals surface area contributed by atoms with Gasteiger partial charge in [-0.25, -0.2) is 18.4 Å². The van der Waals surface area contributed by atoms with Gasteiger partial charge in [0.25, 0.3) is 5.91 Å². The predicted molar refractivity (Wildman–Crippen MR) is 114 cm³/mol. The summed E-state index contributed by atoms with van der Waals surface area (Å²) in [6.07, 6.45) is 0. The van der Waals surface area contributed by atoms with E-state index in [2.05, 4.69) is 5.32 Å². The van der Waals surface area contributed by atoms with Crippen molar-refractivity contribution in [1.29, 1.82) is 0 Å². The van der Waals surface area contributed by atoms with Crippen molar-refractivity contribution in [2.24, 2.45) is 0 Å². The largest absolute Gasteiger partial charge is 0.478 e. The summed E-state index contributed by atoms with van der Waals surface area (Å²) < 4.78 is 33.5. The van der Waals surface area contributed by atoms with Crippen LogP contribution in [0.5, 0.6) is 0 Å². The second-order valence-electron chi connectivity index (χ2n) is 7.64. The predicted octanol–water partition coefficient (Wildman–Crippen LogP) is 3.07. The molecule has 10 heteroatoms. The maximum absolute atomic E-state index is 14.7. The lowest BCUT2D eigenvalue weighted by Gasteiger charge is -2.38. The fourth-order valence-corrected chi connectivity index (χ4v) is 4.01.